The molecule has 1 atom stereocenters. The number of aromatic carboxylic acids is 1. The van der Waals surface area contributed by atoms with E-state index in [1.807, 2.05) is 6.92 Å². The van der Waals surface area contributed by atoms with Crippen molar-refractivity contribution in [2.75, 3.05) is 0 Å². The molecular weight excluding hydrogens is 204 g/mol. The van der Waals surface area contributed by atoms with Gasteiger partial charge in [0.05, 0.1) is 11.3 Å². The Hall–Kier alpha value is -1.45. The van der Waals surface area contributed by atoms with Crippen LogP contribution in [0.3, 0.4) is 0 Å². The van der Waals surface area contributed by atoms with Crippen LogP contribution in [0.5, 0.6) is 0 Å². The van der Waals surface area contributed by atoms with Crippen LogP contribution in [0.1, 0.15) is 55.0 Å². The van der Waals surface area contributed by atoms with E-state index in [0.717, 1.165) is 12.2 Å². The third-order valence-electron chi connectivity index (χ3n) is 3.28. The van der Waals surface area contributed by atoms with E-state index in [-0.39, 0.29) is 11.0 Å². The lowest BCUT2D eigenvalue weighted by molar-refractivity contribution is 0.0694. The second-order valence-corrected chi connectivity index (χ2v) is 4.99. The van der Waals surface area contributed by atoms with Crippen molar-refractivity contribution < 1.29 is 9.90 Å². The van der Waals surface area contributed by atoms with Crippen LogP contribution in [0.2, 0.25) is 0 Å². The van der Waals surface area contributed by atoms with Crippen molar-refractivity contribution in [2.24, 2.45) is 5.41 Å². The van der Waals surface area contributed by atoms with Gasteiger partial charge in [-0.1, -0.05) is 20.8 Å². The topological polar surface area (TPSA) is 63.1 Å². The average Bonchev–Trinajstić information content (AvgIpc) is 2.86. The van der Waals surface area contributed by atoms with E-state index in [0.29, 0.717) is 18.0 Å². The first kappa shape index (κ1) is 11.0. The summed E-state index contributed by atoms with van der Waals surface area (Å²) in [6.45, 7) is 6.27. The Labute approximate surface area is 94.7 Å². The first-order valence-electron chi connectivity index (χ1n) is 5.55. The van der Waals surface area contributed by atoms with E-state index in [2.05, 4.69) is 23.8 Å². The number of carbonyl (C=O) groups is 1. The van der Waals surface area contributed by atoms with E-state index in [4.69, 9.17) is 5.11 Å². The quantitative estimate of drug-likeness (QED) is 0.848. The molecule has 1 aromatic rings. The Balaban J connectivity index is 2.34. The standard InChI is InChI=1S/C12H16N2O2/c1-4-9-7(11(15)16)6-13-10(14-9)8-5-12(8,2)3/h6,8H,4-5H2,1-3H3,(H,15,16). The fourth-order valence-corrected chi connectivity index (χ4v) is 1.96. The van der Waals surface area contributed by atoms with Gasteiger partial charge >= 0.3 is 5.97 Å². The van der Waals surface area contributed by atoms with Crippen molar-refractivity contribution in [1.82, 2.24) is 9.97 Å². The monoisotopic (exact) mass is 220 g/mol. The summed E-state index contributed by atoms with van der Waals surface area (Å²) in [6, 6.07) is 0. The molecule has 1 aromatic heterocycles. The smallest absolute Gasteiger partial charge is 0.339 e. The number of rotatable bonds is 3. The molecule has 0 aliphatic heterocycles. The number of nitrogens with zero attached hydrogens (tertiary/aromatic N) is 2. The zero-order chi connectivity index (χ0) is 11.9. The number of carboxylic acids is 1. The maximum absolute atomic E-state index is 10.9. The van der Waals surface area contributed by atoms with Gasteiger partial charge in [-0.25, -0.2) is 14.8 Å². The van der Waals surface area contributed by atoms with Crippen LogP contribution in [0, 0.1) is 5.41 Å². The summed E-state index contributed by atoms with van der Waals surface area (Å²) in [4.78, 5) is 19.5. The van der Waals surface area contributed by atoms with Crippen molar-refractivity contribution in [3.63, 3.8) is 0 Å². The largest absolute Gasteiger partial charge is 0.478 e. The summed E-state index contributed by atoms with van der Waals surface area (Å²) < 4.78 is 0. The molecule has 1 fully saturated rings. The van der Waals surface area contributed by atoms with E-state index in [1.54, 1.807) is 0 Å². The molecule has 16 heavy (non-hydrogen) atoms. The molecular formula is C12H16N2O2. The summed E-state index contributed by atoms with van der Waals surface area (Å²) in [5.41, 5.74) is 1.14. The van der Waals surface area contributed by atoms with E-state index in [1.165, 1.54) is 6.20 Å². The number of hydrogen-bond donors (Lipinski definition) is 1. The predicted octanol–water partition coefficient (Wildman–Crippen LogP) is 2.25. The Bertz CT molecular complexity index is 441. The fraction of sp³-hybridized carbons (Fsp3) is 0.583. The molecule has 1 unspecified atom stereocenters. The van der Waals surface area contributed by atoms with Crippen molar-refractivity contribution in [3.05, 3.63) is 23.3 Å². The van der Waals surface area contributed by atoms with Gasteiger partial charge in [-0.15, -0.1) is 0 Å². The lowest BCUT2D eigenvalue weighted by atomic mass is 10.1. The Morgan fingerprint density at radius 2 is 2.25 bits per heavy atom. The van der Waals surface area contributed by atoms with E-state index in [9.17, 15) is 4.79 Å². The molecule has 4 heteroatoms. The predicted molar refractivity (Wildman–Crippen MR) is 59.5 cm³/mol. The van der Waals surface area contributed by atoms with E-state index < -0.39 is 5.97 Å². The summed E-state index contributed by atoms with van der Waals surface area (Å²) in [7, 11) is 0. The second-order valence-electron chi connectivity index (χ2n) is 4.99. The molecule has 1 heterocycles. The van der Waals surface area contributed by atoms with Gasteiger partial charge in [0.15, 0.2) is 0 Å². The van der Waals surface area contributed by atoms with Crippen LogP contribution in [0.4, 0.5) is 0 Å². The molecule has 0 saturated heterocycles. The van der Waals surface area contributed by atoms with Gasteiger partial charge in [0, 0.05) is 12.1 Å². The van der Waals surface area contributed by atoms with Gasteiger partial charge in [-0.3, -0.25) is 0 Å². The minimum atomic E-state index is -0.946. The van der Waals surface area contributed by atoms with Crippen molar-refractivity contribution in [1.29, 1.82) is 0 Å². The Kier molecular flexibility index (Phi) is 2.45. The molecule has 0 amide bonds. The molecule has 1 saturated carbocycles. The van der Waals surface area contributed by atoms with Gasteiger partial charge < -0.3 is 5.11 Å². The molecule has 2 rings (SSSR count). The highest BCUT2D eigenvalue weighted by Gasteiger charge is 2.48. The summed E-state index contributed by atoms with van der Waals surface area (Å²) in [5.74, 6) is 0.242. The van der Waals surface area contributed by atoms with Crippen molar-refractivity contribution in [2.45, 2.75) is 39.5 Å². The maximum Gasteiger partial charge on any atom is 0.339 e. The summed E-state index contributed by atoms with van der Waals surface area (Å²) >= 11 is 0. The number of carboxylic acid groups (broad SMARTS) is 1. The van der Waals surface area contributed by atoms with E-state index >= 15 is 0 Å². The molecule has 4 nitrogen and oxygen atoms in total. The van der Waals surface area contributed by atoms with Gasteiger partial charge in [-0.2, -0.15) is 0 Å². The minimum absolute atomic E-state index is 0.227. The van der Waals surface area contributed by atoms with Gasteiger partial charge in [0.1, 0.15) is 5.82 Å². The summed E-state index contributed by atoms with van der Waals surface area (Å²) in [6.07, 6.45) is 3.16. The molecule has 1 aliphatic carbocycles. The van der Waals surface area contributed by atoms with Gasteiger partial charge in [-0.05, 0) is 18.3 Å². The Morgan fingerprint density at radius 3 is 2.69 bits per heavy atom. The zero-order valence-electron chi connectivity index (χ0n) is 9.82. The highest BCUT2D eigenvalue weighted by atomic mass is 16.4. The van der Waals surface area contributed by atoms with Crippen LogP contribution < -0.4 is 0 Å². The zero-order valence-corrected chi connectivity index (χ0v) is 9.82. The van der Waals surface area contributed by atoms with Gasteiger partial charge in [0.25, 0.3) is 0 Å². The SMILES string of the molecule is CCc1nc(C2CC2(C)C)ncc1C(=O)O. The van der Waals surface area contributed by atoms with Crippen molar-refractivity contribution in [3.8, 4) is 0 Å². The van der Waals surface area contributed by atoms with Crippen LogP contribution in [0.15, 0.2) is 6.20 Å². The van der Waals surface area contributed by atoms with Crippen LogP contribution in [-0.2, 0) is 6.42 Å². The highest BCUT2D eigenvalue weighted by Crippen LogP contribution is 2.57. The average molecular weight is 220 g/mol. The van der Waals surface area contributed by atoms with Crippen LogP contribution in [-0.4, -0.2) is 21.0 Å². The lowest BCUT2D eigenvalue weighted by Gasteiger charge is -2.06. The molecule has 0 aromatic carbocycles. The third kappa shape index (κ3) is 1.79. The molecule has 0 radical (unpaired) electrons. The van der Waals surface area contributed by atoms with Crippen LogP contribution in [0.25, 0.3) is 0 Å². The van der Waals surface area contributed by atoms with Crippen LogP contribution >= 0.6 is 0 Å². The molecule has 1 aliphatic rings. The van der Waals surface area contributed by atoms with Gasteiger partial charge in [0.2, 0.25) is 0 Å². The lowest BCUT2D eigenvalue weighted by Crippen LogP contribution is -2.08. The normalized spacial score (nSPS) is 21.8. The Morgan fingerprint density at radius 1 is 1.62 bits per heavy atom. The summed E-state index contributed by atoms with van der Waals surface area (Å²) in [5, 5.41) is 8.96. The second kappa shape index (κ2) is 3.54. The first-order valence-corrected chi connectivity index (χ1v) is 5.55. The molecule has 1 N–H and O–H groups in total. The molecule has 0 bridgehead atoms. The first-order chi connectivity index (χ1) is 7.45. The fourth-order valence-electron chi connectivity index (χ4n) is 1.96. The molecule has 0 spiro atoms. The maximum atomic E-state index is 10.9. The number of aryl methyl sites for hydroxylation is 1. The van der Waals surface area contributed by atoms with Crippen molar-refractivity contribution >= 4 is 5.97 Å². The molecule has 86 valence electrons. The number of hydrogen-bond acceptors (Lipinski definition) is 3. The minimum Gasteiger partial charge on any atom is -0.478 e. The third-order valence-corrected chi connectivity index (χ3v) is 3.28. The highest BCUT2D eigenvalue weighted by molar-refractivity contribution is 5.88. The number of aromatic nitrogens is 2.